The van der Waals surface area contributed by atoms with Gasteiger partial charge >= 0.3 is 0 Å². The molecule has 0 radical (unpaired) electrons. The fraction of sp³-hybridized carbons (Fsp3) is 0.389. The maximum absolute atomic E-state index is 12.8. The Hall–Kier alpha value is -1.65. The van der Waals surface area contributed by atoms with Gasteiger partial charge in [0.15, 0.2) is 0 Å². The molecule has 2 heterocycles. The zero-order valence-corrected chi connectivity index (χ0v) is 14.0. The number of carbonyl (C=O) groups excluding carboxylic acids is 1. The van der Waals surface area contributed by atoms with Gasteiger partial charge in [-0.2, -0.15) is 11.3 Å². The van der Waals surface area contributed by atoms with E-state index in [4.69, 9.17) is 0 Å². The molecule has 1 atom stereocenters. The van der Waals surface area contributed by atoms with Crippen molar-refractivity contribution in [3.8, 4) is 0 Å². The second-order valence-corrected chi connectivity index (χ2v) is 6.93. The Morgan fingerprint density at radius 3 is 2.68 bits per heavy atom. The predicted octanol–water partition coefficient (Wildman–Crippen LogP) is 3.79. The first-order valence-corrected chi connectivity index (χ1v) is 8.66. The third-order valence-corrected chi connectivity index (χ3v) is 4.84. The average molecular weight is 314 g/mol. The van der Waals surface area contributed by atoms with Crippen LogP contribution in [0.15, 0.2) is 41.1 Å². The first kappa shape index (κ1) is 15.3. The molecule has 1 amide bonds. The number of likely N-dealkylation sites (tertiary alicyclic amines) is 1. The van der Waals surface area contributed by atoms with Gasteiger partial charge in [-0.1, -0.05) is 12.1 Å². The summed E-state index contributed by atoms with van der Waals surface area (Å²) in [6, 6.07) is 10.4. The number of thiophene rings is 1. The summed E-state index contributed by atoms with van der Waals surface area (Å²) in [5.74, 6) is 0.158. The van der Waals surface area contributed by atoms with Crippen LogP contribution in [0.25, 0.3) is 0 Å². The molecule has 0 bridgehead atoms. The van der Waals surface area contributed by atoms with Crippen molar-refractivity contribution in [3.05, 3.63) is 57.8 Å². The van der Waals surface area contributed by atoms with Gasteiger partial charge in [-0.25, -0.2) is 0 Å². The van der Waals surface area contributed by atoms with Crippen molar-refractivity contribution in [2.45, 2.75) is 25.4 Å². The molecular formula is C18H22N2OS. The van der Waals surface area contributed by atoms with E-state index in [0.29, 0.717) is 0 Å². The lowest BCUT2D eigenvalue weighted by atomic mass is 10.1. The summed E-state index contributed by atoms with van der Waals surface area (Å²) in [7, 11) is 4.10. The van der Waals surface area contributed by atoms with E-state index in [2.05, 4.69) is 48.0 Å². The SMILES string of the molecule is CN(C)Cc1ccc(C(=O)N2CCCC2c2ccsc2)cc1. The van der Waals surface area contributed by atoms with Crippen LogP contribution >= 0.6 is 11.3 Å². The van der Waals surface area contributed by atoms with E-state index in [1.807, 2.05) is 17.0 Å². The van der Waals surface area contributed by atoms with Gasteiger partial charge in [-0.05, 0) is 67.0 Å². The summed E-state index contributed by atoms with van der Waals surface area (Å²) in [4.78, 5) is 17.0. The molecule has 3 nitrogen and oxygen atoms in total. The second-order valence-electron chi connectivity index (χ2n) is 6.15. The summed E-state index contributed by atoms with van der Waals surface area (Å²) in [6.07, 6.45) is 2.16. The highest BCUT2D eigenvalue weighted by atomic mass is 32.1. The molecule has 4 heteroatoms. The Kier molecular flexibility index (Phi) is 4.60. The fourth-order valence-electron chi connectivity index (χ4n) is 3.10. The number of benzene rings is 1. The molecule has 1 aromatic carbocycles. The molecule has 2 aromatic rings. The van der Waals surface area contributed by atoms with Gasteiger partial charge in [-0.15, -0.1) is 0 Å². The standard InChI is InChI=1S/C18H22N2OS/c1-19(2)12-14-5-7-15(8-6-14)18(21)20-10-3-4-17(20)16-9-11-22-13-16/h5-9,11,13,17H,3-4,10,12H2,1-2H3. The number of rotatable bonds is 4. The first-order valence-electron chi connectivity index (χ1n) is 7.72. The molecule has 1 fully saturated rings. The van der Waals surface area contributed by atoms with Crippen molar-refractivity contribution < 1.29 is 4.79 Å². The molecule has 3 rings (SSSR count). The fourth-order valence-corrected chi connectivity index (χ4v) is 3.81. The van der Waals surface area contributed by atoms with E-state index in [9.17, 15) is 4.79 Å². The summed E-state index contributed by atoms with van der Waals surface area (Å²) < 4.78 is 0. The van der Waals surface area contributed by atoms with Gasteiger partial charge in [0.2, 0.25) is 0 Å². The van der Waals surface area contributed by atoms with Gasteiger partial charge in [0, 0.05) is 18.7 Å². The van der Waals surface area contributed by atoms with Crippen LogP contribution < -0.4 is 0 Å². The molecule has 1 aromatic heterocycles. The van der Waals surface area contributed by atoms with Crippen molar-refractivity contribution in [2.24, 2.45) is 0 Å². The second kappa shape index (κ2) is 6.63. The third kappa shape index (κ3) is 3.23. The molecule has 1 aliphatic heterocycles. The van der Waals surface area contributed by atoms with Gasteiger partial charge in [0.05, 0.1) is 6.04 Å². The van der Waals surface area contributed by atoms with Crippen LogP contribution in [0.4, 0.5) is 0 Å². The van der Waals surface area contributed by atoms with Crippen molar-refractivity contribution in [3.63, 3.8) is 0 Å². The minimum absolute atomic E-state index is 0.158. The molecular weight excluding hydrogens is 292 g/mol. The number of nitrogens with zero attached hydrogens (tertiary/aromatic N) is 2. The molecule has 1 aliphatic rings. The highest BCUT2D eigenvalue weighted by Gasteiger charge is 2.30. The largest absolute Gasteiger partial charge is 0.332 e. The monoisotopic (exact) mass is 314 g/mol. The number of carbonyl (C=O) groups is 1. The van der Waals surface area contributed by atoms with Gasteiger partial charge in [0.1, 0.15) is 0 Å². The van der Waals surface area contributed by atoms with Gasteiger partial charge in [-0.3, -0.25) is 4.79 Å². The minimum Gasteiger partial charge on any atom is -0.332 e. The predicted molar refractivity (Wildman–Crippen MR) is 91.2 cm³/mol. The molecule has 116 valence electrons. The maximum atomic E-state index is 12.8. The highest BCUT2D eigenvalue weighted by Crippen LogP contribution is 2.34. The molecule has 22 heavy (non-hydrogen) atoms. The van der Waals surface area contributed by atoms with Gasteiger partial charge in [0.25, 0.3) is 5.91 Å². The van der Waals surface area contributed by atoms with Crippen LogP contribution in [0.3, 0.4) is 0 Å². The normalized spacial score (nSPS) is 18.1. The molecule has 0 N–H and O–H groups in total. The van der Waals surface area contributed by atoms with Crippen molar-refractivity contribution >= 4 is 17.2 Å². The molecule has 0 saturated carbocycles. The molecule has 0 spiro atoms. The number of hydrogen-bond donors (Lipinski definition) is 0. The summed E-state index contributed by atoms with van der Waals surface area (Å²) in [5.41, 5.74) is 3.31. The van der Waals surface area contributed by atoms with Crippen molar-refractivity contribution in [2.75, 3.05) is 20.6 Å². The zero-order valence-electron chi connectivity index (χ0n) is 13.2. The van der Waals surface area contributed by atoms with E-state index >= 15 is 0 Å². The third-order valence-electron chi connectivity index (χ3n) is 4.14. The first-order chi connectivity index (χ1) is 10.6. The molecule has 1 saturated heterocycles. The average Bonchev–Trinajstić information content (AvgIpc) is 3.17. The van der Waals surface area contributed by atoms with Crippen molar-refractivity contribution in [1.29, 1.82) is 0 Å². The Bertz CT molecular complexity index is 619. The highest BCUT2D eigenvalue weighted by molar-refractivity contribution is 7.07. The van der Waals surface area contributed by atoms with E-state index in [1.54, 1.807) is 11.3 Å². The minimum atomic E-state index is 0.158. The van der Waals surface area contributed by atoms with Crippen LogP contribution in [-0.4, -0.2) is 36.3 Å². The van der Waals surface area contributed by atoms with Crippen LogP contribution in [0.5, 0.6) is 0 Å². The van der Waals surface area contributed by atoms with E-state index in [-0.39, 0.29) is 11.9 Å². The van der Waals surface area contributed by atoms with Crippen LogP contribution in [0.1, 0.15) is 40.4 Å². The lowest BCUT2D eigenvalue weighted by Crippen LogP contribution is -2.30. The Balaban J connectivity index is 1.75. The van der Waals surface area contributed by atoms with Crippen LogP contribution in [0.2, 0.25) is 0 Å². The Morgan fingerprint density at radius 2 is 2.05 bits per heavy atom. The Morgan fingerprint density at radius 1 is 1.27 bits per heavy atom. The summed E-state index contributed by atoms with van der Waals surface area (Å²) in [6.45, 7) is 1.76. The van der Waals surface area contributed by atoms with Crippen molar-refractivity contribution in [1.82, 2.24) is 9.80 Å². The summed E-state index contributed by atoms with van der Waals surface area (Å²) in [5, 5.41) is 4.25. The maximum Gasteiger partial charge on any atom is 0.254 e. The molecule has 1 unspecified atom stereocenters. The Labute approximate surface area is 136 Å². The van der Waals surface area contributed by atoms with Crippen LogP contribution in [-0.2, 0) is 6.54 Å². The van der Waals surface area contributed by atoms with E-state index < -0.39 is 0 Å². The molecule has 0 aliphatic carbocycles. The number of hydrogen-bond acceptors (Lipinski definition) is 3. The quantitative estimate of drug-likeness (QED) is 0.857. The smallest absolute Gasteiger partial charge is 0.254 e. The number of amides is 1. The lowest BCUT2D eigenvalue weighted by Gasteiger charge is -2.24. The zero-order chi connectivity index (χ0) is 15.5. The van der Waals surface area contributed by atoms with E-state index in [0.717, 1.165) is 31.5 Å². The van der Waals surface area contributed by atoms with E-state index in [1.165, 1.54) is 11.1 Å². The summed E-state index contributed by atoms with van der Waals surface area (Å²) >= 11 is 1.70. The topological polar surface area (TPSA) is 23.6 Å². The van der Waals surface area contributed by atoms with Crippen LogP contribution in [0, 0.1) is 0 Å². The lowest BCUT2D eigenvalue weighted by molar-refractivity contribution is 0.0736. The van der Waals surface area contributed by atoms with Gasteiger partial charge < -0.3 is 9.80 Å².